The Kier molecular flexibility index (Phi) is 7.94. The van der Waals surface area contributed by atoms with Crippen molar-refractivity contribution in [3.05, 3.63) is 221 Å². The summed E-state index contributed by atoms with van der Waals surface area (Å²) in [6.45, 7) is 9.69. The molecule has 59 heavy (non-hydrogen) atoms. The van der Waals surface area contributed by atoms with Gasteiger partial charge >= 0.3 is 0 Å². The molecular formula is C57H47NO. The van der Waals surface area contributed by atoms with Gasteiger partial charge in [-0.15, -0.1) is 0 Å². The van der Waals surface area contributed by atoms with Crippen molar-refractivity contribution in [2.45, 2.75) is 56.8 Å². The summed E-state index contributed by atoms with van der Waals surface area (Å²) >= 11 is 0. The lowest BCUT2D eigenvalue weighted by Gasteiger charge is -2.42. The van der Waals surface area contributed by atoms with Gasteiger partial charge in [-0.2, -0.15) is 0 Å². The van der Waals surface area contributed by atoms with E-state index in [4.69, 9.17) is 4.42 Å². The van der Waals surface area contributed by atoms with Crippen molar-refractivity contribution in [1.82, 2.24) is 0 Å². The van der Waals surface area contributed by atoms with Crippen LogP contribution in [-0.2, 0) is 16.2 Å². The normalized spacial score (nSPS) is 15.7. The molecule has 11 rings (SSSR count). The molecule has 1 aromatic heterocycles. The largest absolute Gasteiger partial charge is 0.456 e. The van der Waals surface area contributed by atoms with Crippen LogP contribution in [0.15, 0.2) is 192 Å². The van der Waals surface area contributed by atoms with Crippen LogP contribution in [0.4, 0.5) is 17.1 Å². The van der Waals surface area contributed by atoms with E-state index >= 15 is 0 Å². The van der Waals surface area contributed by atoms with E-state index in [0.717, 1.165) is 45.4 Å². The predicted octanol–water partition coefficient (Wildman–Crippen LogP) is 15.4. The summed E-state index contributed by atoms with van der Waals surface area (Å²) in [6.07, 6.45) is 2.34. The fourth-order valence-corrected chi connectivity index (χ4v) is 10.5. The second-order valence-corrected chi connectivity index (χ2v) is 17.9. The molecule has 0 bridgehead atoms. The van der Waals surface area contributed by atoms with Gasteiger partial charge in [0.2, 0.25) is 0 Å². The van der Waals surface area contributed by atoms with E-state index in [1.807, 2.05) is 6.07 Å². The Morgan fingerprint density at radius 3 is 1.75 bits per heavy atom. The van der Waals surface area contributed by atoms with Crippen LogP contribution >= 0.6 is 0 Å². The summed E-state index contributed by atoms with van der Waals surface area (Å²) in [5.74, 6) is 0. The molecule has 1 heterocycles. The zero-order valence-electron chi connectivity index (χ0n) is 34.2. The average Bonchev–Trinajstić information content (AvgIpc) is 3.79. The number of hydrogen-bond donors (Lipinski definition) is 0. The zero-order chi connectivity index (χ0) is 39.9. The summed E-state index contributed by atoms with van der Waals surface area (Å²) in [7, 11) is 0. The Bertz CT molecular complexity index is 3010. The van der Waals surface area contributed by atoms with Gasteiger partial charge < -0.3 is 9.32 Å². The van der Waals surface area contributed by atoms with Crippen molar-refractivity contribution in [2.24, 2.45) is 0 Å². The average molecular weight is 762 g/mol. The lowest BCUT2D eigenvalue weighted by atomic mass is 9.63. The van der Waals surface area contributed by atoms with Gasteiger partial charge in [0.05, 0.1) is 11.1 Å². The number of hydrogen-bond acceptors (Lipinski definition) is 2. The van der Waals surface area contributed by atoms with Crippen LogP contribution in [-0.4, -0.2) is 0 Å². The molecule has 2 aliphatic rings. The number of furan rings is 1. The molecule has 2 aliphatic carbocycles. The second-order valence-electron chi connectivity index (χ2n) is 17.9. The van der Waals surface area contributed by atoms with Crippen LogP contribution < -0.4 is 4.90 Å². The molecule has 0 N–H and O–H groups in total. The fourth-order valence-electron chi connectivity index (χ4n) is 10.5. The third-order valence-electron chi connectivity index (χ3n) is 13.6. The number of fused-ring (bicyclic) bond motifs is 7. The zero-order valence-corrected chi connectivity index (χ0v) is 34.2. The Hall–Kier alpha value is -6.64. The summed E-state index contributed by atoms with van der Waals surface area (Å²) < 4.78 is 6.38. The molecule has 286 valence electrons. The van der Waals surface area contributed by atoms with Crippen LogP contribution in [0, 0.1) is 0 Å². The van der Waals surface area contributed by atoms with Crippen LogP contribution in [0.2, 0.25) is 0 Å². The quantitative estimate of drug-likeness (QED) is 0.168. The minimum atomic E-state index is -0.545. The number of nitrogens with zero attached hydrogens (tertiary/aromatic N) is 1. The SMILES string of the molecule is CC1(C)CCC(C)(C)c2cc(-c3cc4c(cc3N(c3ccccc3)c3ccc5oc6ccccc6c5c3)C(c3ccccc3)(c3ccccc3)c3ccccc3-4)ccc21. The smallest absolute Gasteiger partial charge is 0.135 e. The van der Waals surface area contributed by atoms with Crippen molar-refractivity contribution in [1.29, 1.82) is 0 Å². The van der Waals surface area contributed by atoms with Crippen LogP contribution in [0.1, 0.15) is 73.9 Å². The maximum Gasteiger partial charge on any atom is 0.135 e. The molecule has 0 fully saturated rings. The maximum atomic E-state index is 6.38. The van der Waals surface area contributed by atoms with Crippen molar-refractivity contribution >= 4 is 39.0 Å². The summed E-state index contributed by atoms with van der Waals surface area (Å²) in [5, 5.41) is 2.23. The maximum absolute atomic E-state index is 6.38. The Morgan fingerprint density at radius 1 is 0.407 bits per heavy atom. The van der Waals surface area contributed by atoms with E-state index in [-0.39, 0.29) is 10.8 Å². The number of anilines is 3. The number of rotatable bonds is 6. The third-order valence-corrected chi connectivity index (χ3v) is 13.6. The van der Waals surface area contributed by atoms with Gasteiger partial charge in [0.1, 0.15) is 11.2 Å². The molecule has 8 aromatic carbocycles. The molecule has 0 saturated heterocycles. The summed E-state index contributed by atoms with van der Waals surface area (Å²) in [6, 6.07) is 69.7. The van der Waals surface area contributed by atoms with Crippen LogP contribution in [0.5, 0.6) is 0 Å². The Balaban J connectivity index is 1.27. The van der Waals surface area contributed by atoms with E-state index in [1.54, 1.807) is 0 Å². The van der Waals surface area contributed by atoms with Crippen molar-refractivity contribution in [2.75, 3.05) is 4.90 Å². The van der Waals surface area contributed by atoms with Crippen molar-refractivity contribution in [3.63, 3.8) is 0 Å². The number of para-hydroxylation sites is 2. The number of benzene rings is 8. The minimum Gasteiger partial charge on any atom is -0.456 e. The van der Waals surface area contributed by atoms with Crippen molar-refractivity contribution < 1.29 is 4.42 Å². The van der Waals surface area contributed by atoms with Gasteiger partial charge in [-0.1, -0.05) is 167 Å². The lowest BCUT2D eigenvalue weighted by molar-refractivity contribution is 0.332. The van der Waals surface area contributed by atoms with Gasteiger partial charge in [-0.25, -0.2) is 0 Å². The monoisotopic (exact) mass is 761 g/mol. The predicted molar refractivity (Wildman–Crippen MR) is 246 cm³/mol. The first kappa shape index (κ1) is 35.5. The fraction of sp³-hybridized carbons (Fsp3) is 0.158. The van der Waals surface area contributed by atoms with E-state index < -0.39 is 5.41 Å². The van der Waals surface area contributed by atoms with Gasteiger partial charge in [-0.3, -0.25) is 0 Å². The summed E-state index contributed by atoms with van der Waals surface area (Å²) in [5.41, 5.74) is 17.8. The first-order valence-corrected chi connectivity index (χ1v) is 21.1. The molecule has 0 atom stereocenters. The van der Waals surface area contributed by atoms with Gasteiger partial charge in [0.25, 0.3) is 0 Å². The molecule has 0 amide bonds. The van der Waals surface area contributed by atoms with E-state index in [1.165, 1.54) is 62.1 Å². The van der Waals surface area contributed by atoms with E-state index in [2.05, 4.69) is 215 Å². The van der Waals surface area contributed by atoms with Gasteiger partial charge in [-0.05, 0) is 122 Å². The standard InChI is InChI=1S/C57H47NO/c1-55(2)32-33-56(3,4)51-34-38(28-30-49(51)55)45-36-46-43-24-14-16-26-48(43)57(39-18-8-5-9-19-39,40-20-10-6-11-21-40)50(46)37-52(45)58(41-22-12-7-13-23-41)42-29-31-54-47(35-42)44-25-15-17-27-53(44)59-54/h5-31,34-37H,32-33H2,1-4H3. The van der Waals surface area contributed by atoms with E-state index in [0.29, 0.717) is 0 Å². The first-order valence-electron chi connectivity index (χ1n) is 21.1. The highest BCUT2D eigenvalue weighted by Crippen LogP contribution is 2.59. The second kappa shape index (κ2) is 13.2. The van der Waals surface area contributed by atoms with E-state index in [9.17, 15) is 0 Å². The molecule has 9 aromatic rings. The molecular weight excluding hydrogens is 715 g/mol. The summed E-state index contributed by atoms with van der Waals surface area (Å²) in [4.78, 5) is 2.48. The molecule has 2 heteroatoms. The topological polar surface area (TPSA) is 16.4 Å². The Morgan fingerprint density at radius 2 is 1.02 bits per heavy atom. The first-order chi connectivity index (χ1) is 28.7. The third kappa shape index (κ3) is 5.39. The highest BCUT2D eigenvalue weighted by Gasteiger charge is 2.47. The lowest BCUT2D eigenvalue weighted by Crippen LogP contribution is -2.33. The molecule has 0 saturated carbocycles. The van der Waals surface area contributed by atoms with Crippen molar-refractivity contribution in [3.8, 4) is 22.3 Å². The molecule has 0 aliphatic heterocycles. The molecule has 0 spiro atoms. The van der Waals surface area contributed by atoms with Gasteiger partial charge in [0, 0.05) is 27.7 Å². The molecule has 0 unspecified atom stereocenters. The van der Waals surface area contributed by atoms with Crippen LogP contribution in [0.3, 0.4) is 0 Å². The molecule has 2 nitrogen and oxygen atoms in total. The highest BCUT2D eigenvalue weighted by atomic mass is 16.3. The Labute approximate surface area is 347 Å². The van der Waals surface area contributed by atoms with Crippen LogP contribution in [0.25, 0.3) is 44.2 Å². The molecule has 0 radical (unpaired) electrons. The highest BCUT2D eigenvalue weighted by molar-refractivity contribution is 6.07. The minimum absolute atomic E-state index is 0.0621. The van der Waals surface area contributed by atoms with Gasteiger partial charge in [0.15, 0.2) is 0 Å².